The first-order chi connectivity index (χ1) is 13.7. The lowest BCUT2D eigenvalue weighted by Crippen LogP contribution is -2.49. The summed E-state index contributed by atoms with van der Waals surface area (Å²) in [6.45, 7) is 2.20. The van der Waals surface area contributed by atoms with E-state index >= 15 is 0 Å². The fraction of sp³-hybridized carbons (Fsp3) is 0.318. The number of carbonyl (C=O) groups excluding carboxylic acids is 1. The summed E-state index contributed by atoms with van der Waals surface area (Å²) < 4.78 is 23.9. The van der Waals surface area contributed by atoms with Crippen molar-refractivity contribution in [1.82, 2.24) is 5.32 Å². The van der Waals surface area contributed by atoms with E-state index in [0.717, 1.165) is 11.1 Å². The van der Waals surface area contributed by atoms with E-state index in [1.165, 1.54) is 6.92 Å². The van der Waals surface area contributed by atoms with Gasteiger partial charge in [0, 0.05) is 12.5 Å². The average Bonchev–Trinajstić information content (AvgIpc) is 2.73. The van der Waals surface area contributed by atoms with Crippen molar-refractivity contribution in [2.75, 3.05) is 6.61 Å². The van der Waals surface area contributed by atoms with Gasteiger partial charge in [0.1, 0.15) is 12.2 Å². The van der Waals surface area contributed by atoms with Crippen molar-refractivity contribution in [3.8, 4) is 0 Å². The summed E-state index contributed by atoms with van der Waals surface area (Å²) in [6, 6.07) is 19.6. The van der Waals surface area contributed by atoms with Crippen LogP contribution in [0, 0.1) is 0 Å². The van der Waals surface area contributed by atoms with Crippen LogP contribution in [0.1, 0.15) is 24.3 Å². The minimum absolute atomic E-state index is 0.187. The lowest BCUT2D eigenvalue weighted by Gasteiger charge is -2.40. The average molecular weight is 381 g/mol. The molecule has 1 N–H and O–H groups in total. The van der Waals surface area contributed by atoms with Gasteiger partial charge in [0.15, 0.2) is 12.6 Å². The van der Waals surface area contributed by atoms with E-state index in [4.69, 9.17) is 18.9 Å². The fourth-order valence-corrected chi connectivity index (χ4v) is 3.26. The minimum atomic E-state index is -0.689. The number of fused-ring (bicyclic) bond motifs is 1. The molecule has 0 aliphatic carbocycles. The Balaban J connectivity index is 1.48. The van der Waals surface area contributed by atoms with Crippen molar-refractivity contribution < 1.29 is 23.7 Å². The van der Waals surface area contributed by atoms with Gasteiger partial charge in [-0.3, -0.25) is 4.79 Å². The van der Waals surface area contributed by atoms with Crippen LogP contribution in [-0.2, 0) is 30.3 Å². The Morgan fingerprint density at radius 2 is 1.79 bits per heavy atom. The summed E-state index contributed by atoms with van der Waals surface area (Å²) in [5.41, 5.74) is 2.52. The van der Waals surface area contributed by atoms with Crippen LogP contribution >= 0.6 is 0 Å². The molecule has 0 spiro atoms. The third kappa shape index (κ3) is 4.48. The topological polar surface area (TPSA) is 66.0 Å². The van der Waals surface area contributed by atoms with E-state index in [0.29, 0.717) is 18.9 Å². The molecule has 1 amide bonds. The number of rotatable bonds is 5. The quantitative estimate of drug-likeness (QED) is 0.862. The molecular formula is C22H23NO5. The molecule has 0 bridgehead atoms. The molecule has 6 heteroatoms. The van der Waals surface area contributed by atoms with Gasteiger partial charge in [-0.05, 0) is 11.6 Å². The number of amides is 1. The van der Waals surface area contributed by atoms with Crippen molar-refractivity contribution in [3.05, 3.63) is 83.6 Å². The largest absolute Gasteiger partial charge is 0.346 e. The molecule has 2 aliphatic rings. The Kier molecular flexibility index (Phi) is 5.83. The first kappa shape index (κ1) is 18.8. The fourth-order valence-electron chi connectivity index (χ4n) is 3.26. The molecule has 1 fully saturated rings. The first-order valence-corrected chi connectivity index (χ1v) is 9.31. The number of hydrogen-bond acceptors (Lipinski definition) is 5. The van der Waals surface area contributed by atoms with Crippen molar-refractivity contribution in [2.24, 2.45) is 0 Å². The minimum Gasteiger partial charge on any atom is -0.346 e. The zero-order valence-corrected chi connectivity index (χ0v) is 15.6. The molecule has 0 saturated carbocycles. The Hall–Kier alpha value is -2.51. The molecule has 2 aromatic carbocycles. The molecule has 2 heterocycles. The maximum absolute atomic E-state index is 11.6. The van der Waals surface area contributed by atoms with Crippen LogP contribution in [0.3, 0.4) is 0 Å². The van der Waals surface area contributed by atoms with Gasteiger partial charge in [-0.15, -0.1) is 0 Å². The number of ether oxygens (including phenoxy) is 4. The Bertz CT molecular complexity index is 823. The van der Waals surface area contributed by atoms with Crippen LogP contribution in [-0.4, -0.2) is 31.0 Å². The van der Waals surface area contributed by atoms with Crippen LogP contribution in [0.4, 0.5) is 0 Å². The van der Waals surface area contributed by atoms with Crippen molar-refractivity contribution in [1.29, 1.82) is 0 Å². The van der Waals surface area contributed by atoms with Crippen molar-refractivity contribution in [2.45, 2.75) is 38.3 Å². The molecule has 0 aromatic heterocycles. The van der Waals surface area contributed by atoms with E-state index in [-0.39, 0.29) is 18.1 Å². The van der Waals surface area contributed by atoms with Gasteiger partial charge in [-0.25, -0.2) is 0 Å². The predicted molar refractivity (Wildman–Crippen MR) is 102 cm³/mol. The summed E-state index contributed by atoms with van der Waals surface area (Å²) in [5, 5.41) is 2.81. The molecule has 146 valence electrons. The highest BCUT2D eigenvalue weighted by atomic mass is 16.7. The van der Waals surface area contributed by atoms with Crippen LogP contribution in [0.5, 0.6) is 0 Å². The van der Waals surface area contributed by atoms with Crippen molar-refractivity contribution >= 4 is 5.91 Å². The third-order valence-corrected chi connectivity index (χ3v) is 4.59. The van der Waals surface area contributed by atoms with Crippen LogP contribution < -0.4 is 5.32 Å². The summed E-state index contributed by atoms with van der Waals surface area (Å²) in [5.74, 6) is -0.187. The summed E-state index contributed by atoms with van der Waals surface area (Å²) >= 11 is 0. The maximum Gasteiger partial charge on any atom is 0.221 e. The molecule has 2 aliphatic heterocycles. The normalized spacial score (nSPS) is 26.8. The van der Waals surface area contributed by atoms with Crippen LogP contribution in [0.25, 0.3) is 0 Å². The van der Waals surface area contributed by atoms with Gasteiger partial charge in [-0.1, -0.05) is 60.7 Å². The monoisotopic (exact) mass is 381 g/mol. The molecule has 0 radical (unpaired) electrons. The Labute approximate surface area is 164 Å². The van der Waals surface area contributed by atoms with E-state index in [1.807, 2.05) is 66.7 Å². The number of benzene rings is 2. The Morgan fingerprint density at radius 1 is 1.07 bits per heavy atom. The highest BCUT2D eigenvalue weighted by molar-refractivity contribution is 5.75. The summed E-state index contributed by atoms with van der Waals surface area (Å²) in [6.07, 6.45) is 0.0630. The zero-order valence-electron chi connectivity index (χ0n) is 15.6. The highest BCUT2D eigenvalue weighted by Gasteiger charge is 2.39. The van der Waals surface area contributed by atoms with Gasteiger partial charge in [0.25, 0.3) is 0 Å². The van der Waals surface area contributed by atoms with E-state index in [9.17, 15) is 4.79 Å². The van der Waals surface area contributed by atoms with Crippen LogP contribution in [0.15, 0.2) is 72.4 Å². The molecule has 4 rings (SSSR count). The first-order valence-electron chi connectivity index (χ1n) is 9.31. The van der Waals surface area contributed by atoms with E-state index in [2.05, 4.69) is 5.32 Å². The molecule has 6 nitrogen and oxygen atoms in total. The third-order valence-electron chi connectivity index (χ3n) is 4.59. The van der Waals surface area contributed by atoms with E-state index < -0.39 is 12.6 Å². The number of carbonyl (C=O) groups is 1. The molecular weight excluding hydrogens is 358 g/mol. The molecule has 1 unspecified atom stereocenters. The summed E-state index contributed by atoms with van der Waals surface area (Å²) in [4.78, 5) is 11.6. The van der Waals surface area contributed by atoms with Gasteiger partial charge in [0.2, 0.25) is 5.91 Å². The second-order valence-electron chi connectivity index (χ2n) is 6.78. The van der Waals surface area contributed by atoms with E-state index in [1.54, 1.807) is 0 Å². The molecule has 2 aromatic rings. The second kappa shape index (κ2) is 8.67. The maximum atomic E-state index is 11.6. The molecule has 4 atom stereocenters. The molecule has 28 heavy (non-hydrogen) atoms. The number of hydrogen-bond donors (Lipinski definition) is 1. The van der Waals surface area contributed by atoms with Crippen molar-refractivity contribution in [3.63, 3.8) is 0 Å². The smallest absolute Gasteiger partial charge is 0.221 e. The van der Waals surface area contributed by atoms with Gasteiger partial charge < -0.3 is 24.3 Å². The number of nitrogens with one attached hydrogen (secondary N) is 1. The molecule has 1 saturated heterocycles. The lowest BCUT2D eigenvalue weighted by molar-refractivity contribution is -0.288. The second-order valence-corrected chi connectivity index (χ2v) is 6.78. The van der Waals surface area contributed by atoms with Gasteiger partial charge >= 0.3 is 0 Å². The standard InChI is InChI=1S/C22H23NO5/c1-15(24)23-18-12-19-20(14-26-21(27-19)17-10-6-3-7-11-17)28-22(18)25-13-16-8-4-2-5-9-16/h2-12,19-22H,13-14H2,1H3,(H,23,24)/t19-,20+,21?,22-/m0/s1. The SMILES string of the molecule is CC(=O)NC1=C[C@@H]2OC(c3ccccc3)OC[C@H]2O[C@@H]1OCc1ccccc1. The predicted octanol–water partition coefficient (Wildman–Crippen LogP) is 3.06. The summed E-state index contributed by atoms with van der Waals surface area (Å²) in [7, 11) is 0. The zero-order chi connectivity index (χ0) is 19.3. The van der Waals surface area contributed by atoms with Gasteiger partial charge in [0.05, 0.1) is 18.9 Å². The lowest BCUT2D eigenvalue weighted by atomic mass is 10.1. The van der Waals surface area contributed by atoms with Crippen LogP contribution in [0.2, 0.25) is 0 Å². The van der Waals surface area contributed by atoms with Gasteiger partial charge in [-0.2, -0.15) is 0 Å². The Morgan fingerprint density at radius 3 is 2.50 bits per heavy atom. The highest BCUT2D eigenvalue weighted by Crippen LogP contribution is 2.32.